The van der Waals surface area contributed by atoms with Gasteiger partial charge in [-0.25, -0.2) is 12.4 Å². The molecule has 0 unspecified atom stereocenters. The molecule has 27 heavy (non-hydrogen) atoms. The number of fused-ring (bicyclic) bond motifs is 2. The van der Waals surface area contributed by atoms with Gasteiger partial charge in [0.25, 0.3) is 10.0 Å². The van der Waals surface area contributed by atoms with Crippen molar-refractivity contribution in [2.45, 2.75) is 30.2 Å². The molecule has 1 aromatic heterocycles. The highest BCUT2D eigenvalue weighted by atomic mass is 35.5. The molecule has 5 nitrogen and oxygen atoms in total. The summed E-state index contributed by atoms with van der Waals surface area (Å²) in [7, 11) is -0.177. The van der Waals surface area contributed by atoms with Crippen molar-refractivity contribution >= 4 is 32.5 Å². The molecule has 142 valence electrons. The van der Waals surface area contributed by atoms with E-state index in [2.05, 4.69) is 5.32 Å². The van der Waals surface area contributed by atoms with Crippen LogP contribution in [0.4, 0.5) is 0 Å². The molecule has 0 saturated heterocycles. The van der Waals surface area contributed by atoms with Crippen LogP contribution in [0.1, 0.15) is 17.5 Å². The monoisotopic (exact) mass is 404 g/mol. The zero-order valence-electron chi connectivity index (χ0n) is 15.2. The fourth-order valence-electron chi connectivity index (χ4n) is 3.90. The van der Waals surface area contributed by atoms with Gasteiger partial charge in [-0.2, -0.15) is 0 Å². The Labute approximate surface area is 164 Å². The van der Waals surface area contributed by atoms with Crippen LogP contribution in [0.5, 0.6) is 5.75 Å². The van der Waals surface area contributed by atoms with Gasteiger partial charge in [-0.05, 0) is 68.3 Å². The van der Waals surface area contributed by atoms with Crippen LogP contribution in [-0.4, -0.2) is 32.6 Å². The predicted molar refractivity (Wildman–Crippen MR) is 107 cm³/mol. The van der Waals surface area contributed by atoms with Gasteiger partial charge in [-0.3, -0.25) is 0 Å². The number of ether oxygens (including phenoxy) is 1. The Bertz CT molecular complexity index is 1120. The van der Waals surface area contributed by atoms with E-state index in [-0.39, 0.29) is 0 Å². The van der Waals surface area contributed by atoms with Crippen LogP contribution in [0.2, 0.25) is 5.02 Å². The van der Waals surface area contributed by atoms with E-state index < -0.39 is 10.0 Å². The lowest BCUT2D eigenvalue weighted by Crippen LogP contribution is -2.32. The number of hydrogen-bond acceptors (Lipinski definition) is 4. The van der Waals surface area contributed by atoms with Crippen LogP contribution < -0.4 is 10.1 Å². The second kappa shape index (κ2) is 6.86. The zero-order valence-corrected chi connectivity index (χ0v) is 16.8. The standard InChI is InChI=1S/C20H21ClN2O3S/c1-22-15-4-5-16-17(12-15)19(26-2)7-8-20(16)27(24,25)23-10-9-13-11-14(21)3-6-18(13)23/h3,6-11,15,22H,4-5,12H2,1-2H3/t15-/m0/s1. The maximum atomic E-state index is 13.5. The summed E-state index contributed by atoms with van der Waals surface area (Å²) in [5.74, 6) is 0.744. The third-order valence-electron chi connectivity index (χ3n) is 5.32. The fraction of sp³-hybridized carbons (Fsp3) is 0.300. The van der Waals surface area contributed by atoms with E-state index in [4.69, 9.17) is 16.3 Å². The van der Waals surface area contributed by atoms with Gasteiger partial charge in [-0.1, -0.05) is 11.6 Å². The first-order chi connectivity index (χ1) is 13.0. The lowest BCUT2D eigenvalue weighted by molar-refractivity contribution is 0.397. The van der Waals surface area contributed by atoms with Crippen molar-refractivity contribution < 1.29 is 13.2 Å². The topological polar surface area (TPSA) is 60.3 Å². The summed E-state index contributed by atoms with van der Waals surface area (Å²) in [6.07, 6.45) is 3.92. The van der Waals surface area contributed by atoms with Crippen molar-refractivity contribution in [3.05, 3.63) is 58.7 Å². The molecule has 4 rings (SSSR count). The minimum absolute atomic E-state index is 0.318. The lowest BCUT2D eigenvalue weighted by Gasteiger charge is -2.27. The first-order valence-electron chi connectivity index (χ1n) is 8.84. The maximum Gasteiger partial charge on any atom is 0.268 e. The summed E-state index contributed by atoms with van der Waals surface area (Å²) in [6, 6.07) is 10.7. The van der Waals surface area contributed by atoms with Crippen molar-refractivity contribution in [1.82, 2.24) is 9.29 Å². The maximum absolute atomic E-state index is 13.5. The minimum Gasteiger partial charge on any atom is -0.496 e. The molecule has 0 saturated carbocycles. The third kappa shape index (κ3) is 3.02. The summed E-state index contributed by atoms with van der Waals surface area (Å²) in [4.78, 5) is 0.348. The smallest absolute Gasteiger partial charge is 0.268 e. The number of nitrogens with one attached hydrogen (secondary N) is 1. The lowest BCUT2D eigenvalue weighted by atomic mass is 9.87. The highest BCUT2D eigenvalue weighted by Crippen LogP contribution is 2.36. The molecular weight excluding hydrogens is 384 g/mol. The second-order valence-electron chi connectivity index (χ2n) is 6.77. The van der Waals surface area contributed by atoms with Crippen LogP contribution >= 0.6 is 11.6 Å². The van der Waals surface area contributed by atoms with Gasteiger partial charge in [0.05, 0.1) is 17.5 Å². The average Bonchev–Trinajstić information content (AvgIpc) is 3.10. The summed E-state index contributed by atoms with van der Waals surface area (Å²) in [6.45, 7) is 0. The van der Waals surface area contributed by atoms with Gasteiger partial charge >= 0.3 is 0 Å². The minimum atomic E-state index is -3.73. The molecule has 1 aliphatic rings. The molecule has 3 aromatic rings. The van der Waals surface area contributed by atoms with Crippen LogP contribution in [0.15, 0.2) is 47.5 Å². The largest absolute Gasteiger partial charge is 0.496 e. The van der Waals surface area contributed by atoms with Crippen molar-refractivity contribution in [3.63, 3.8) is 0 Å². The summed E-state index contributed by atoms with van der Waals surface area (Å²) < 4.78 is 33.8. The predicted octanol–water partition coefficient (Wildman–Crippen LogP) is 3.62. The van der Waals surface area contributed by atoms with Gasteiger partial charge in [-0.15, -0.1) is 0 Å². The van der Waals surface area contributed by atoms with E-state index >= 15 is 0 Å². The molecule has 0 bridgehead atoms. The number of benzene rings is 2. The molecule has 0 spiro atoms. The molecule has 0 radical (unpaired) electrons. The van der Waals surface area contributed by atoms with E-state index in [0.717, 1.165) is 35.1 Å². The Balaban J connectivity index is 1.90. The van der Waals surface area contributed by atoms with Gasteiger partial charge in [0.1, 0.15) is 5.75 Å². The van der Waals surface area contributed by atoms with Gasteiger partial charge < -0.3 is 10.1 Å². The molecule has 1 aliphatic carbocycles. The second-order valence-corrected chi connectivity index (χ2v) is 8.99. The van der Waals surface area contributed by atoms with E-state index in [1.807, 2.05) is 7.05 Å². The first-order valence-corrected chi connectivity index (χ1v) is 10.7. The van der Waals surface area contributed by atoms with E-state index in [9.17, 15) is 8.42 Å². The Hall–Kier alpha value is -2.02. The van der Waals surface area contributed by atoms with Crippen molar-refractivity contribution in [1.29, 1.82) is 0 Å². The SMILES string of the molecule is CN[C@H]1CCc2c(S(=O)(=O)n3ccc4cc(Cl)ccc43)ccc(OC)c2C1. The van der Waals surface area contributed by atoms with E-state index in [0.29, 0.717) is 27.9 Å². The summed E-state index contributed by atoms with van der Waals surface area (Å²) in [5.41, 5.74) is 2.45. The number of likely N-dealkylation sites (N-methyl/N-ethyl adjacent to an activating group) is 1. The Morgan fingerprint density at radius 3 is 2.74 bits per heavy atom. The number of aromatic nitrogens is 1. The van der Waals surface area contributed by atoms with Crippen LogP contribution in [0, 0.1) is 0 Å². The molecule has 1 N–H and O–H groups in total. The molecule has 1 heterocycles. The van der Waals surface area contributed by atoms with E-state index in [1.165, 1.54) is 3.97 Å². The molecular formula is C20H21ClN2O3S. The Kier molecular flexibility index (Phi) is 4.66. The first kappa shape index (κ1) is 18.3. The van der Waals surface area contributed by atoms with Crippen LogP contribution in [-0.2, 0) is 22.9 Å². The molecule has 7 heteroatoms. The quantitative estimate of drug-likeness (QED) is 0.721. The van der Waals surface area contributed by atoms with Crippen LogP contribution in [0.25, 0.3) is 10.9 Å². The number of rotatable bonds is 4. The summed E-state index contributed by atoms with van der Waals surface area (Å²) in [5, 5.41) is 4.66. The van der Waals surface area contributed by atoms with Crippen molar-refractivity contribution in [2.75, 3.05) is 14.2 Å². The average molecular weight is 405 g/mol. The Morgan fingerprint density at radius 1 is 1.19 bits per heavy atom. The molecule has 1 atom stereocenters. The normalized spacial score (nSPS) is 17.1. The third-order valence-corrected chi connectivity index (χ3v) is 7.33. The molecule has 0 aliphatic heterocycles. The van der Waals surface area contributed by atoms with Crippen LogP contribution in [0.3, 0.4) is 0 Å². The highest BCUT2D eigenvalue weighted by Gasteiger charge is 2.29. The van der Waals surface area contributed by atoms with Crippen molar-refractivity contribution in [3.8, 4) is 5.75 Å². The summed E-state index contributed by atoms with van der Waals surface area (Å²) >= 11 is 6.04. The van der Waals surface area contributed by atoms with Gasteiger partial charge in [0.2, 0.25) is 0 Å². The number of methoxy groups -OCH3 is 1. The van der Waals surface area contributed by atoms with E-state index in [1.54, 1.807) is 49.7 Å². The number of halogens is 1. The number of nitrogens with zero attached hydrogens (tertiary/aromatic N) is 1. The molecule has 0 amide bonds. The van der Waals surface area contributed by atoms with Gasteiger partial charge in [0, 0.05) is 28.2 Å². The van der Waals surface area contributed by atoms with Crippen molar-refractivity contribution in [2.24, 2.45) is 0 Å². The molecule has 2 aromatic carbocycles. The zero-order chi connectivity index (χ0) is 19.2. The van der Waals surface area contributed by atoms with Gasteiger partial charge in [0.15, 0.2) is 0 Å². The Morgan fingerprint density at radius 2 is 2.00 bits per heavy atom. The molecule has 0 fully saturated rings. The fourth-order valence-corrected chi connectivity index (χ4v) is 5.71. The highest BCUT2D eigenvalue weighted by molar-refractivity contribution is 7.90. The number of hydrogen-bond donors (Lipinski definition) is 1.